The molecule has 0 aromatic carbocycles. The third kappa shape index (κ3) is 29.1. The maximum Gasteiger partial charge on any atom is 0.410 e. The van der Waals surface area contributed by atoms with E-state index < -0.39 is 48.7 Å². The smallest absolute Gasteiger partial charge is 0.410 e. The van der Waals surface area contributed by atoms with E-state index in [9.17, 15) is 33.9 Å². The zero-order valence-corrected chi connectivity index (χ0v) is 41.3. The molecule has 2 heterocycles. The number of ether oxygens (including phenoxy) is 6. The van der Waals surface area contributed by atoms with E-state index in [1.54, 1.807) is 12.2 Å². The van der Waals surface area contributed by atoms with Crippen molar-refractivity contribution in [3.63, 3.8) is 0 Å². The van der Waals surface area contributed by atoms with Crippen molar-refractivity contribution < 1.29 is 62.3 Å². The van der Waals surface area contributed by atoms with Gasteiger partial charge in [-0.3, -0.25) is 24.0 Å². The van der Waals surface area contributed by atoms with Gasteiger partial charge in [-0.15, -0.1) is 0 Å². The van der Waals surface area contributed by atoms with Crippen molar-refractivity contribution in [1.29, 1.82) is 0 Å². The first-order chi connectivity index (χ1) is 32.0. The van der Waals surface area contributed by atoms with Gasteiger partial charge in [-0.2, -0.15) is 0 Å². The molecule has 1 N–H and O–H groups in total. The van der Waals surface area contributed by atoms with Crippen molar-refractivity contribution in [2.45, 2.75) is 193 Å². The van der Waals surface area contributed by atoms with Crippen LogP contribution in [0.2, 0.25) is 0 Å². The Balaban J connectivity index is 2.08. The Morgan fingerprint density at radius 1 is 0.545 bits per heavy atom. The van der Waals surface area contributed by atoms with E-state index in [1.807, 2.05) is 7.05 Å². The van der Waals surface area contributed by atoms with Gasteiger partial charge in [0.05, 0.1) is 52.4 Å². The Morgan fingerprint density at radius 2 is 0.955 bits per heavy atom. The third-order valence-electron chi connectivity index (χ3n) is 12.1. The molecule has 1 fully saturated rings. The van der Waals surface area contributed by atoms with Gasteiger partial charge < -0.3 is 43.3 Å². The minimum absolute atomic E-state index is 0.0809. The number of nitrogens with zero attached hydrogens (tertiary/aromatic N) is 2. The van der Waals surface area contributed by atoms with Crippen molar-refractivity contribution >= 4 is 35.9 Å². The molecule has 1 amide bonds. The second kappa shape index (κ2) is 37.3. The highest BCUT2D eigenvalue weighted by Gasteiger charge is 2.31. The summed E-state index contributed by atoms with van der Waals surface area (Å²) in [5.74, 6) is -3.62. The SMILES string of the molecule is CCCCCCCCC(=O)OCC(CO)CC(=O)O[C@H]1C=C[C@H](OC(=O)CC(COC(=O)CCCCCCCC)COC(=O)CCCCCCCC)CN(C(=O)OCC2CCCN(C)C2)C1. The number of carbonyl (C=O) groups is 6. The van der Waals surface area contributed by atoms with Crippen LogP contribution in [0.25, 0.3) is 0 Å². The number of amides is 1. The summed E-state index contributed by atoms with van der Waals surface area (Å²) in [6.45, 7) is 7.47. The normalized spacial score (nSPS) is 18.0. The Labute approximate surface area is 396 Å². The van der Waals surface area contributed by atoms with Crippen molar-refractivity contribution in [2.24, 2.45) is 17.8 Å². The number of piperidine rings is 1. The molecular weight excluding hydrogens is 849 g/mol. The van der Waals surface area contributed by atoms with Gasteiger partial charge in [0.2, 0.25) is 0 Å². The largest absolute Gasteiger partial charge is 0.465 e. The lowest BCUT2D eigenvalue weighted by molar-refractivity contribution is -0.156. The van der Waals surface area contributed by atoms with E-state index in [4.69, 9.17) is 28.4 Å². The summed E-state index contributed by atoms with van der Waals surface area (Å²) in [4.78, 5) is 81.6. The summed E-state index contributed by atoms with van der Waals surface area (Å²) in [5.41, 5.74) is 0. The first-order valence-electron chi connectivity index (χ1n) is 25.7. The van der Waals surface area contributed by atoms with E-state index in [0.29, 0.717) is 12.8 Å². The summed E-state index contributed by atoms with van der Waals surface area (Å²) >= 11 is 0. The van der Waals surface area contributed by atoms with Gasteiger partial charge in [-0.1, -0.05) is 117 Å². The number of hydrogen-bond donors (Lipinski definition) is 1. The summed E-state index contributed by atoms with van der Waals surface area (Å²) in [6, 6.07) is 0. The molecule has 0 bridgehead atoms. The monoisotopic (exact) mass is 937 g/mol. The average Bonchev–Trinajstić information content (AvgIpc) is 3.50. The quantitative estimate of drug-likeness (QED) is 0.0272. The molecule has 2 aliphatic rings. The third-order valence-corrected chi connectivity index (χ3v) is 12.1. The number of esters is 5. The summed E-state index contributed by atoms with van der Waals surface area (Å²) in [5, 5.41) is 9.99. The molecule has 0 aliphatic carbocycles. The van der Waals surface area contributed by atoms with Crippen LogP contribution < -0.4 is 0 Å². The molecule has 0 aromatic heterocycles. The van der Waals surface area contributed by atoms with E-state index in [-0.39, 0.29) is 95.4 Å². The first kappa shape index (κ1) is 58.4. The molecule has 0 saturated carbocycles. The van der Waals surface area contributed by atoms with Crippen LogP contribution in [0, 0.1) is 17.8 Å². The fourth-order valence-electron chi connectivity index (χ4n) is 8.12. The molecule has 66 heavy (non-hydrogen) atoms. The van der Waals surface area contributed by atoms with Crippen molar-refractivity contribution in [3.05, 3.63) is 12.2 Å². The van der Waals surface area contributed by atoms with Crippen molar-refractivity contribution in [3.8, 4) is 0 Å². The van der Waals surface area contributed by atoms with E-state index >= 15 is 0 Å². The Hall–Kier alpha value is -3.72. The van der Waals surface area contributed by atoms with Gasteiger partial charge in [0.15, 0.2) is 0 Å². The standard InChI is InChI=1S/C51H88N2O13/c1-5-8-11-14-17-20-25-46(55)61-38-42(36-54)31-49(58)65-44-28-29-45(35-53(34-44)51(60)64-37-41-24-23-30-52(4)33-41)66-50(59)32-43(39-62-47(56)26-21-18-15-12-9-6-2)40-63-48(57)27-22-19-16-13-10-7-3/h28-29,41-45,54H,5-27,30-40H2,1-4H3/t41?,42?,44-,45-/m0/s1. The van der Waals surface area contributed by atoms with Crippen LogP contribution in [0.3, 0.4) is 0 Å². The van der Waals surface area contributed by atoms with Gasteiger partial charge >= 0.3 is 35.9 Å². The van der Waals surface area contributed by atoms with Crippen LogP contribution in [0.1, 0.15) is 181 Å². The zero-order chi connectivity index (χ0) is 48.2. The molecule has 2 unspecified atom stereocenters. The highest BCUT2D eigenvalue weighted by Crippen LogP contribution is 2.20. The minimum atomic E-state index is -0.947. The number of hydrogen-bond acceptors (Lipinski definition) is 14. The number of aliphatic hydroxyl groups is 1. The molecule has 380 valence electrons. The molecule has 2 aliphatic heterocycles. The molecule has 15 heteroatoms. The average molecular weight is 937 g/mol. The summed E-state index contributed by atoms with van der Waals surface area (Å²) in [6.07, 6.45) is 21.3. The molecule has 0 aromatic rings. The van der Waals surface area contributed by atoms with Gasteiger partial charge in [0, 0.05) is 50.2 Å². The summed E-state index contributed by atoms with van der Waals surface area (Å²) < 4.78 is 33.9. The highest BCUT2D eigenvalue weighted by molar-refractivity contribution is 5.73. The highest BCUT2D eigenvalue weighted by atomic mass is 16.6. The lowest BCUT2D eigenvalue weighted by Crippen LogP contribution is -2.43. The second-order valence-electron chi connectivity index (χ2n) is 18.6. The first-order valence-corrected chi connectivity index (χ1v) is 25.7. The van der Waals surface area contributed by atoms with Crippen LogP contribution in [-0.2, 0) is 52.4 Å². The minimum Gasteiger partial charge on any atom is -0.465 e. The van der Waals surface area contributed by atoms with E-state index in [0.717, 1.165) is 122 Å². The van der Waals surface area contributed by atoms with E-state index in [1.165, 1.54) is 11.3 Å². The number of aliphatic hydroxyl groups excluding tert-OH is 1. The Bertz CT molecular complexity index is 1360. The van der Waals surface area contributed by atoms with Gasteiger partial charge in [0.25, 0.3) is 0 Å². The van der Waals surface area contributed by atoms with Crippen LogP contribution in [0.4, 0.5) is 4.79 Å². The van der Waals surface area contributed by atoms with E-state index in [2.05, 4.69) is 25.7 Å². The van der Waals surface area contributed by atoms with Gasteiger partial charge in [-0.05, 0) is 57.8 Å². The number of unbranched alkanes of at least 4 members (excludes halogenated alkanes) is 15. The molecule has 0 radical (unpaired) electrons. The molecule has 15 nitrogen and oxygen atoms in total. The van der Waals surface area contributed by atoms with Gasteiger partial charge in [-0.25, -0.2) is 4.79 Å². The topological polar surface area (TPSA) is 185 Å². The maximum atomic E-state index is 13.6. The van der Waals surface area contributed by atoms with Gasteiger partial charge in [0.1, 0.15) is 12.2 Å². The molecule has 4 atom stereocenters. The predicted octanol–water partition coefficient (Wildman–Crippen LogP) is 9.05. The van der Waals surface area contributed by atoms with Crippen molar-refractivity contribution in [1.82, 2.24) is 9.80 Å². The second-order valence-corrected chi connectivity index (χ2v) is 18.6. The van der Waals surface area contributed by atoms with Crippen LogP contribution in [0.5, 0.6) is 0 Å². The zero-order valence-electron chi connectivity index (χ0n) is 41.3. The van der Waals surface area contributed by atoms with Crippen molar-refractivity contribution in [2.75, 3.05) is 66.3 Å². The fraction of sp³-hybridized carbons (Fsp3) is 0.843. The predicted molar refractivity (Wildman–Crippen MR) is 252 cm³/mol. The molecule has 1 saturated heterocycles. The van der Waals surface area contributed by atoms with Crippen LogP contribution in [-0.4, -0.2) is 129 Å². The Morgan fingerprint density at radius 3 is 1.38 bits per heavy atom. The molecular formula is C51H88N2O13. The number of likely N-dealkylation sites (tertiary alicyclic amines) is 1. The van der Waals surface area contributed by atoms with Crippen LogP contribution >= 0.6 is 0 Å². The number of carbonyl (C=O) groups excluding carboxylic acids is 6. The Kier molecular flexibility index (Phi) is 33.0. The summed E-state index contributed by atoms with van der Waals surface area (Å²) in [7, 11) is 2.03. The molecule has 2 rings (SSSR count). The van der Waals surface area contributed by atoms with Crippen LogP contribution in [0.15, 0.2) is 12.2 Å². The maximum absolute atomic E-state index is 13.6. The lowest BCUT2D eigenvalue weighted by atomic mass is 10.00. The number of rotatable bonds is 36. The molecule has 0 spiro atoms. The fourth-order valence-corrected chi connectivity index (χ4v) is 8.12. The lowest BCUT2D eigenvalue weighted by Gasteiger charge is -2.30.